The summed E-state index contributed by atoms with van der Waals surface area (Å²) in [6.45, 7) is 4.56. The second-order valence-corrected chi connectivity index (χ2v) is 8.83. The van der Waals surface area contributed by atoms with E-state index >= 15 is 0 Å². The molecular formula is C24H39N5O. The molecule has 1 amide bonds. The maximum Gasteiger partial charge on any atom is 0.225 e. The van der Waals surface area contributed by atoms with Crippen LogP contribution in [0.4, 0.5) is 0 Å². The highest BCUT2D eigenvalue weighted by Gasteiger charge is 2.31. The number of likely N-dealkylation sites (tertiary alicyclic amines) is 1. The molecule has 6 heteroatoms. The van der Waals surface area contributed by atoms with E-state index in [4.69, 9.17) is 0 Å². The van der Waals surface area contributed by atoms with Crippen molar-refractivity contribution in [3.63, 3.8) is 0 Å². The smallest absolute Gasteiger partial charge is 0.225 e. The first-order valence-electron chi connectivity index (χ1n) is 11.6. The number of carbonyl (C=O) groups is 1. The van der Waals surface area contributed by atoms with E-state index in [0.717, 1.165) is 64.4 Å². The topological polar surface area (TPSA) is 60.0 Å². The fourth-order valence-corrected chi connectivity index (χ4v) is 4.60. The number of amides is 1. The lowest BCUT2D eigenvalue weighted by molar-refractivity contribution is -0.135. The summed E-state index contributed by atoms with van der Waals surface area (Å²) in [6.07, 6.45) is 7.93. The summed E-state index contributed by atoms with van der Waals surface area (Å²) in [5, 5.41) is 6.94. The molecule has 1 atom stereocenters. The predicted molar refractivity (Wildman–Crippen MR) is 123 cm³/mol. The number of hydrogen-bond donors (Lipinski definition) is 2. The Balaban J connectivity index is 1.32. The van der Waals surface area contributed by atoms with E-state index in [2.05, 4.69) is 62.8 Å². The second kappa shape index (κ2) is 11.9. The van der Waals surface area contributed by atoms with Crippen molar-refractivity contribution in [2.45, 2.75) is 57.5 Å². The van der Waals surface area contributed by atoms with Gasteiger partial charge < -0.3 is 20.4 Å². The van der Waals surface area contributed by atoms with Gasteiger partial charge in [0.25, 0.3) is 0 Å². The highest BCUT2D eigenvalue weighted by molar-refractivity contribution is 5.81. The first-order valence-corrected chi connectivity index (χ1v) is 11.6. The van der Waals surface area contributed by atoms with E-state index in [9.17, 15) is 4.79 Å². The number of nitrogens with one attached hydrogen (secondary N) is 2. The van der Waals surface area contributed by atoms with E-state index in [1.807, 2.05) is 7.05 Å². The highest BCUT2D eigenvalue weighted by Crippen LogP contribution is 2.26. The highest BCUT2D eigenvalue weighted by atomic mass is 16.2. The standard InChI is InChI=1S/C24H39N5O/c1-25-24(26-15-9-16-28(2)18-20-10-5-3-6-11-20)27-22-14-17-29(19-22)23(30)21-12-7-4-8-13-21/h3,5-6,10-11,21-22H,4,7-9,12-19H2,1-2H3,(H2,25,26,27). The molecule has 2 aliphatic rings. The minimum absolute atomic E-state index is 0.266. The van der Waals surface area contributed by atoms with Gasteiger partial charge in [0.15, 0.2) is 5.96 Å². The van der Waals surface area contributed by atoms with E-state index < -0.39 is 0 Å². The number of rotatable bonds is 8. The largest absolute Gasteiger partial charge is 0.356 e. The zero-order chi connectivity index (χ0) is 21.2. The molecule has 0 aromatic heterocycles. The van der Waals surface area contributed by atoms with E-state index in [1.165, 1.54) is 24.8 Å². The maximum absolute atomic E-state index is 12.8. The van der Waals surface area contributed by atoms with Gasteiger partial charge in [0.2, 0.25) is 5.91 Å². The van der Waals surface area contributed by atoms with Crippen LogP contribution < -0.4 is 10.6 Å². The van der Waals surface area contributed by atoms with Crippen molar-refractivity contribution < 1.29 is 4.79 Å². The molecule has 0 radical (unpaired) electrons. The molecule has 0 spiro atoms. The molecule has 1 aromatic carbocycles. The van der Waals surface area contributed by atoms with Gasteiger partial charge in [-0.05, 0) is 44.8 Å². The fraction of sp³-hybridized carbons (Fsp3) is 0.667. The van der Waals surface area contributed by atoms with Crippen molar-refractivity contribution in [2.24, 2.45) is 10.9 Å². The Morgan fingerprint density at radius 2 is 1.93 bits per heavy atom. The molecule has 0 bridgehead atoms. The van der Waals surface area contributed by atoms with Gasteiger partial charge >= 0.3 is 0 Å². The monoisotopic (exact) mass is 413 g/mol. The van der Waals surface area contributed by atoms with Gasteiger partial charge in [0, 0.05) is 45.2 Å². The van der Waals surface area contributed by atoms with Gasteiger partial charge in [-0.25, -0.2) is 0 Å². The quantitative estimate of drug-likeness (QED) is 0.391. The molecule has 1 saturated heterocycles. The molecule has 1 aliphatic carbocycles. The molecule has 1 saturated carbocycles. The third-order valence-corrected chi connectivity index (χ3v) is 6.32. The zero-order valence-electron chi connectivity index (χ0n) is 18.8. The molecule has 166 valence electrons. The third-order valence-electron chi connectivity index (χ3n) is 6.32. The Labute approximate surface area is 182 Å². The molecule has 3 rings (SSSR count). The van der Waals surface area contributed by atoms with Crippen molar-refractivity contribution in [3.05, 3.63) is 35.9 Å². The molecule has 6 nitrogen and oxygen atoms in total. The Hall–Kier alpha value is -2.08. The van der Waals surface area contributed by atoms with Crippen LogP contribution in [0.15, 0.2) is 35.3 Å². The molecule has 1 unspecified atom stereocenters. The Morgan fingerprint density at radius 1 is 1.17 bits per heavy atom. The van der Waals surface area contributed by atoms with Gasteiger partial charge in [0.05, 0.1) is 0 Å². The first kappa shape index (κ1) is 22.6. The number of nitrogens with zero attached hydrogens (tertiary/aromatic N) is 3. The van der Waals surface area contributed by atoms with Crippen LogP contribution in [0.5, 0.6) is 0 Å². The van der Waals surface area contributed by atoms with Crippen LogP contribution >= 0.6 is 0 Å². The SMILES string of the molecule is CN=C(NCCCN(C)Cc1ccccc1)NC1CCN(C(=O)C2CCCCC2)C1. The lowest BCUT2D eigenvalue weighted by Crippen LogP contribution is -2.46. The number of carbonyl (C=O) groups excluding carboxylic acids is 1. The molecule has 30 heavy (non-hydrogen) atoms. The normalized spacial score (nSPS) is 20.6. The number of benzene rings is 1. The van der Waals surface area contributed by atoms with Crippen molar-refractivity contribution in [1.82, 2.24) is 20.4 Å². The number of aliphatic imine (C=N–C) groups is 1. The first-order chi connectivity index (χ1) is 14.7. The van der Waals surface area contributed by atoms with E-state index in [0.29, 0.717) is 11.9 Å². The van der Waals surface area contributed by atoms with Gasteiger partial charge in [0.1, 0.15) is 0 Å². The predicted octanol–water partition coefficient (Wildman–Crippen LogP) is 2.85. The Kier molecular flexibility index (Phi) is 9.00. The van der Waals surface area contributed by atoms with E-state index in [1.54, 1.807) is 0 Å². The summed E-state index contributed by atoms with van der Waals surface area (Å²) in [5.74, 6) is 1.49. The summed E-state index contributed by atoms with van der Waals surface area (Å²) in [4.78, 5) is 21.5. The van der Waals surface area contributed by atoms with Crippen LogP contribution in [0.3, 0.4) is 0 Å². The van der Waals surface area contributed by atoms with Crippen molar-refractivity contribution in [1.29, 1.82) is 0 Å². The molecule has 1 aliphatic heterocycles. The van der Waals surface area contributed by atoms with E-state index in [-0.39, 0.29) is 5.92 Å². The minimum atomic E-state index is 0.266. The van der Waals surface area contributed by atoms with Crippen LogP contribution in [0, 0.1) is 5.92 Å². The third kappa shape index (κ3) is 7.01. The van der Waals surface area contributed by atoms with Crippen molar-refractivity contribution >= 4 is 11.9 Å². The fourth-order valence-electron chi connectivity index (χ4n) is 4.60. The van der Waals surface area contributed by atoms with Crippen LogP contribution in [0.2, 0.25) is 0 Å². The van der Waals surface area contributed by atoms with Gasteiger partial charge in [-0.3, -0.25) is 9.79 Å². The zero-order valence-corrected chi connectivity index (χ0v) is 18.8. The maximum atomic E-state index is 12.8. The lowest BCUT2D eigenvalue weighted by atomic mass is 9.88. The molecule has 1 heterocycles. The van der Waals surface area contributed by atoms with Crippen LogP contribution in [-0.2, 0) is 11.3 Å². The van der Waals surface area contributed by atoms with Crippen LogP contribution in [-0.4, -0.2) is 68.0 Å². The molecule has 2 N–H and O–H groups in total. The molecule has 2 fully saturated rings. The second-order valence-electron chi connectivity index (χ2n) is 8.83. The lowest BCUT2D eigenvalue weighted by Gasteiger charge is -2.26. The molecular weight excluding hydrogens is 374 g/mol. The Morgan fingerprint density at radius 3 is 2.67 bits per heavy atom. The average molecular weight is 414 g/mol. The number of guanidine groups is 1. The van der Waals surface area contributed by atoms with Crippen LogP contribution in [0.25, 0.3) is 0 Å². The Bertz CT molecular complexity index is 671. The summed E-state index contributed by atoms with van der Waals surface area (Å²) in [5.41, 5.74) is 1.35. The summed E-state index contributed by atoms with van der Waals surface area (Å²) in [7, 11) is 3.98. The van der Waals surface area contributed by atoms with Crippen molar-refractivity contribution in [2.75, 3.05) is 40.3 Å². The minimum Gasteiger partial charge on any atom is -0.356 e. The summed E-state index contributed by atoms with van der Waals surface area (Å²) >= 11 is 0. The molecule has 1 aromatic rings. The van der Waals surface area contributed by atoms with Gasteiger partial charge in [-0.1, -0.05) is 49.6 Å². The van der Waals surface area contributed by atoms with Gasteiger partial charge in [-0.2, -0.15) is 0 Å². The van der Waals surface area contributed by atoms with Crippen LogP contribution in [0.1, 0.15) is 50.5 Å². The van der Waals surface area contributed by atoms with Crippen molar-refractivity contribution in [3.8, 4) is 0 Å². The average Bonchev–Trinajstić information content (AvgIpc) is 3.25. The number of hydrogen-bond acceptors (Lipinski definition) is 3. The summed E-state index contributed by atoms with van der Waals surface area (Å²) in [6, 6.07) is 10.9. The summed E-state index contributed by atoms with van der Waals surface area (Å²) < 4.78 is 0. The van der Waals surface area contributed by atoms with Gasteiger partial charge in [-0.15, -0.1) is 0 Å².